The Bertz CT molecular complexity index is 681. The lowest BCUT2D eigenvalue weighted by atomic mass is 10.3. The maximum Gasteiger partial charge on any atom is 0.298 e. The van der Waals surface area contributed by atoms with Crippen LogP contribution in [0.25, 0.3) is 11.1 Å². The summed E-state index contributed by atoms with van der Waals surface area (Å²) in [6.45, 7) is 4.61. The molecule has 8 heteroatoms. The number of nitrogens with zero attached hydrogens (tertiary/aromatic N) is 2. The van der Waals surface area contributed by atoms with Crippen LogP contribution in [-0.4, -0.2) is 35.0 Å². The Morgan fingerprint density at radius 1 is 1.52 bits per heavy atom. The molecular formula is C13H15N3O5. The highest BCUT2D eigenvalue weighted by molar-refractivity contribution is 5.83. The molecule has 1 fully saturated rings. The number of hydrogen-bond acceptors (Lipinski definition) is 7. The van der Waals surface area contributed by atoms with Gasteiger partial charge in [-0.05, 0) is 19.9 Å². The molecule has 0 bridgehead atoms. The minimum atomic E-state index is -0.591. The molecule has 2 heterocycles. The van der Waals surface area contributed by atoms with Crippen LogP contribution in [0.1, 0.15) is 13.8 Å². The second-order valence-electron chi connectivity index (χ2n) is 5.23. The lowest BCUT2D eigenvalue weighted by Gasteiger charge is -2.16. The molecule has 0 amide bonds. The molecule has 2 aromatic rings. The van der Waals surface area contributed by atoms with Gasteiger partial charge in [-0.15, -0.1) is 0 Å². The molecule has 1 aliphatic rings. The number of non-ortho nitro benzene ring substituents is 1. The summed E-state index contributed by atoms with van der Waals surface area (Å²) in [4.78, 5) is 14.6. The molecule has 1 aromatic carbocycles. The first-order chi connectivity index (χ1) is 9.94. The van der Waals surface area contributed by atoms with Crippen molar-refractivity contribution in [1.82, 2.24) is 4.98 Å². The number of nitro benzene ring substituents is 1. The Kier molecular flexibility index (Phi) is 3.26. The first kappa shape index (κ1) is 13.8. The zero-order valence-electron chi connectivity index (χ0n) is 11.7. The number of aromatic nitrogens is 1. The minimum absolute atomic E-state index is 0.0779. The number of anilines is 1. The summed E-state index contributed by atoms with van der Waals surface area (Å²) in [5.41, 5.74) is 0.524. The number of benzene rings is 1. The Hall–Kier alpha value is -2.19. The highest BCUT2D eigenvalue weighted by Gasteiger charge is 2.32. The van der Waals surface area contributed by atoms with Crippen molar-refractivity contribution in [2.45, 2.75) is 25.7 Å². The van der Waals surface area contributed by atoms with Crippen LogP contribution >= 0.6 is 0 Å². The number of nitrogens with one attached hydrogen (secondary N) is 1. The molecule has 1 saturated heterocycles. The van der Waals surface area contributed by atoms with Gasteiger partial charge in [-0.2, -0.15) is 4.98 Å². The standard InChI is InChI=1S/C13H15N3O5/c1-13(2)19-7-8(21-13)6-14-12-15-11-9(16(17)18)4-3-5-10(11)20-12/h3-5,8H,6-7H2,1-2H3,(H,14,15). The Morgan fingerprint density at radius 3 is 3.00 bits per heavy atom. The fraction of sp³-hybridized carbons (Fsp3) is 0.462. The van der Waals surface area contributed by atoms with Crippen LogP contribution in [0.5, 0.6) is 0 Å². The smallest absolute Gasteiger partial charge is 0.298 e. The third-order valence-electron chi connectivity index (χ3n) is 3.14. The number of hydrogen-bond donors (Lipinski definition) is 1. The lowest BCUT2D eigenvalue weighted by Crippen LogP contribution is -2.26. The van der Waals surface area contributed by atoms with Crippen molar-refractivity contribution in [3.05, 3.63) is 28.3 Å². The summed E-state index contributed by atoms with van der Waals surface area (Å²) in [7, 11) is 0. The average molecular weight is 293 g/mol. The summed E-state index contributed by atoms with van der Waals surface area (Å²) in [5, 5.41) is 13.9. The van der Waals surface area contributed by atoms with E-state index in [-0.39, 0.29) is 23.3 Å². The van der Waals surface area contributed by atoms with E-state index in [4.69, 9.17) is 13.9 Å². The van der Waals surface area contributed by atoms with Crippen molar-refractivity contribution in [1.29, 1.82) is 0 Å². The maximum absolute atomic E-state index is 10.9. The fourth-order valence-electron chi connectivity index (χ4n) is 2.22. The molecule has 1 aromatic heterocycles. The van der Waals surface area contributed by atoms with Gasteiger partial charge in [0.15, 0.2) is 16.9 Å². The number of nitro groups is 1. The van der Waals surface area contributed by atoms with E-state index in [0.717, 1.165) is 0 Å². The molecule has 112 valence electrons. The molecule has 21 heavy (non-hydrogen) atoms. The van der Waals surface area contributed by atoms with Gasteiger partial charge in [-0.1, -0.05) is 6.07 Å². The van der Waals surface area contributed by atoms with E-state index in [2.05, 4.69) is 10.3 Å². The van der Waals surface area contributed by atoms with E-state index in [9.17, 15) is 10.1 Å². The molecule has 1 atom stereocenters. The van der Waals surface area contributed by atoms with Gasteiger partial charge in [0.25, 0.3) is 11.7 Å². The van der Waals surface area contributed by atoms with Crippen LogP contribution in [0.2, 0.25) is 0 Å². The first-order valence-electron chi connectivity index (χ1n) is 6.54. The normalized spacial score (nSPS) is 20.8. The van der Waals surface area contributed by atoms with Crippen molar-refractivity contribution >= 4 is 22.8 Å². The van der Waals surface area contributed by atoms with Crippen LogP contribution in [-0.2, 0) is 9.47 Å². The van der Waals surface area contributed by atoms with Gasteiger partial charge in [0.2, 0.25) is 0 Å². The van der Waals surface area contributed by atoms with Crippen LogP contribution in [0.15, 0.2) is 22.6 Å². The SMILES string of the molecule is CC1(C)OCC(CNc2nc3c([N+](=O)[O-])cccc3o2)O1. The van der Waals surface area contributed by atoms with E-state index >= 15 is 0 Å². The third kappa shape index (κ3) is 2.81. The number of fused-ring (bicyclic) bond motifs is 1. The largest absolute Gasteiger partial charge is 0.423 e. The van der Waals surface area contributed by atoms with Gasteiger partial charge >= 0.3 is 0 Å². The molecule has 0 aliphatic carbocycles. The van der Waals surface area contributed by atoms with Crippen LogP contribution in [0.4, 0.5) is 11.7 Å². The average Bonchev–Trinajstić information content (AvgIpc) is 2.98. The number of ether oxygens (including phenoxy) is 2. The first-order valence-corrected chi connectivity index (χ1v) is 6.54. The Balaban J connectivity index is 1.73. The van der Waals surface area contributed by atoms with E-state index in [1.54, 1.807) is 12.1 Å². The van der Waals surface area contributed by atoms with Gasteiger partial charge in [0, 0.05) is 12.6 Å². The van der Waals surface area contributed by atoms with E-state index in [0.29, 0.717) is 18.7 Å². The molecule has 0 saturated carbocycles. The minimum Gasteiger partial charge on any atom is -0.423 e. The Labute approximate surface area is 120 Å². The third-order valence-corrected chi connectivity index (χ3v) is 3.14. The van der Waals surface area contributed by atoms with Crippen LogP contribution < -0.4 is 5.32 Å². The summed E-state index contributed by atoms with van der Waals surface area (Å²) in [6.07, 6.45) is -0.120. The molecule has 0 radical (unpaired) electrons. The van der Waals surface area contributed by atoms with Crippen molar-refractivity contribution in [3.63, 3.8) is 0 Å². The van der Waals surface area contributed by atoms with Gasteiger partial charge in [-0.3, -0.25) is 10.1 Å². The summed E-state index contributed by atoms with van der Waals surface area (Å²) in [6, 6.07) is 4.82. The quantitative estimate of drug-likeness (QED) is 0.681. The topological polar surface area (TPSA) is 99.7 Å². The lowest BCUT2D eigenvalue weighted by molar-refractivity contribution is -0.383. The number of para-hydroxylation sites is 1. The second kappa shape index (κ2) is 4.97. The van der Waals surface area contributed by atoms with Crippen LogP contribution in [0, 0.1) is 10.1 Å². The maximum atomic E-state index is 10.9. The van der Waals surface area contributed by atoms with E-state index in [1.807, 2.05) is 13.8 Å². The van der Waals surface area contributed by atoms with Gasteiger partial charge in [-0.25, -0.2) is 0 Å². The molecule has 1 unspecified atom stereocenters. The molecule has 8 nitrogen and oxygen atoms in total. The second-order valence-corrected chi connectivity index (χ2v) is 5.23. The predicted octanol–water partition coefficient (Wildman–Crippen LogP) is 2.30. The van der Waals surface area contributed by atoms with Crippen molar-refractivity contribution in [3.8, 4) is 0 Å². The Morgan fingerprint density at radius 2 is 2.33 bits per heavy atom. The fourth-order valence-corrected chi connectivity index (χ4v) is 2.22. The number of rotatable bonds is 4. The molecule has 1 N–H and O–H groups in total. The van der Waals surface area contributed by atoms with E-state index < -0.39 is 10.7 Å². The number of oxazole rings is 1. The molecular weight excluding hydrogens is 278 g/mol. The molecule has 3 rings (SSSR count). The monoisotopic (exact) mass is 293 g/mol. The van der Waals surface area contributed by atoms with E-state index in [1.165, 1.54) is 6.07 Å². The van der Waals surface area contributed by atoms with Crippen molar-refractivity contribution in [2.24, 2.45) is 0 Å². The zero-order valence-corrected chi connectivity index (χ0v) is 11.7. The molecule has 0 spiro atoms. The van der Waals surface area contributed by atoms with Crippen molar-refractivity contribution < 1.29 is 18.8 Å². The van der Waals surface area contributed by atoms with Gasteiger partial charge in [0.05, 0.1) is 11.5 Å². The molecule has 1 aliphatic heterocycles. The van der Waals surface area contributed by atoms with Gasteiger partial charge < -0.3 is 19.2 Å². The summed E-state index contributed by atoms with van der Waals surface area (Å²) < 4.78 is 16.5. The summed E-state index contributed by atoms with van der Waals surface area (Å²) >= 11 is 0. The van der Waals surface area contributed by atoms with Crippen LogP contribution in [0.3, 0.4) is 0 Å². The zero-order chi connectivity index (χ0) is 15.0. The highest BCUT2D eigenvalue weighted by atomic mass is 16.7. The van der Waals surface area contributed by atoms with Crippen molar-refractivity contribution in [2.75, 3.05) is 18.5 Å². The van der Waals surface area contributed by atoms with Gasteiger partial charge in [0.1, 0.15) is 6.10 Å². The highest BCUT2D eigenvalue weighted by Crippen LogP contribution is 2.28. The predicted molar refractivity (Wildman–Crippen MR) is 74.1 cm³/mol. The summed E-state index contributed by atoms with van der Waals surface area (Å²) in [5.74, 6) is -0.591.